The molecule has 0 radical (unpaired) electrons. The number of hydrogen-bond acceptors (Lipinski definition) is 1. The Bertz CT molecular complexity index is 268. The number of allylic oxidation sites excluding steroid dienone is 1. The van der Waals surface area contributed by atoms with Crippen LogP contribution in [0.2, 0.25) is 0 Å². The third kappa shape index (κ3) is 8.27. The molecule has 1 unspecified atom stereocenters. The van der Waals surface area contributed by atoms with Gasteiger partial charge in [0.15, 0.2) is 0 Å². The first-order chi connectivity index (χ1) is 6.66. The summed E-state index contributed by atoms with van der Waals surface area (Å²) in [5.74, 6) is 5.87. The molecule has 0 aromatic carbocycles. The minimum atomic E-state index is -0.845. The Labute approximate surface area is 94.6 Å². The highest BCUT2D eigenvalue weighted by Gasteiger charge is 2.13. The maximum atomic E-state index is 9.67. The summed E-state index contributed by atoms with van der Waals surface area (Å²) >= 11 is 0. The van der Waals surface area contributed by atoms with Gasteiger partial charge in [-0.3, -0.25) is 0 Å². The molecule has 0 saturated heterocycles. The van der Waals surface area contributed by atoms with E-state index in [0.717, 1.165) is 12.0 Å². The van der Waals surface area contributed by atoms with Crippen LogP contribution in [0.3, 0.4) is 0 Å². The van der Waals surface area contributed by atoms with Gasteiger partial charge in [0.2, 0.25) is 0 Å². The molecule has 0 aliphatic carbocycles. The molecule has 0 aromatic heterocycles. The Morgan fingerprint density at radius 2 is 1.80 bits per heavy atom. The van der Waals surface area contributed by atoms with Crippen molar-refractivity contribution in [1.82, 2.24) is 0 Å². The van der Waals surface area contributed by atoms with Gasteiger partial charge in [-0.05, 0) is 25.2 Å². The van der Waals surface area contributed by atoms with Crippen molar-refractivity contribution in [3.05, 3.63) is 12.2 Å². The second kappa shape index (κ2) is 5.37. The zero-order valence-electron chi connectivity index (χ0n) is 10.8. The summed E-state index contributed by atoms with van der Waals surface area (Å²) in [5, 5.41) is 9.67. The van der Waals surface area contributed by atoms with Crippen LogP contribution >= 0.6 is 0 Å². The predicted octanol–water partition coefficient (Wildman–Crippen LogP) is 3.53. The topological polar surface area (TPSA) is 20.2 Å². The Hall–Kier alpha value is -0.740. The molecule has 0 spiro atoms. The third-order valence-corrected chi connectivity index (χ3v) is 2.16. The second-order valence-electron chi connectivity index (χ2n) is 5.59. The lowest BCUT2D eigenvalue weighted by Crippen LogP contribution is -2.19. The third-order valence-electron chi connectivity index (χ3n) is 2.16. The highest BCUT2D eigenvalue weighted by atomic mass is 16.3. The number of aliphatic hydroxyl groups is 1. The fourth-order valence-electron chi connectivity index (χ4n) is 1.26. The fraction of sp³-hybridized carbons (Fsp3) is 0.714. The molecule has 0 aliphatic heterocycles. The van der Waals surface area contributed by atoms with E-state index in [4.69, 9.17) is 0 Å². The van der Waals surface area contributed by atoms with E-state index in [1.807, 2.05) is 6.92 Å². The van der Waals surface area contributed by atoms with Crippen LogP contribution in [0.4, 0.5) is 0 Å². The summed E-state index contributed by atoms with van der Waals surface area (Å²) in [6, 6.07) is 0. The highest BCUT2D eigenvalue weighted by Crippen LogP contribution is 2.24. The molecular formula is C14H24O. The van der Waals surface area contributed by atoms with Crippen molar-refractivity contribution in [1.29, 1.82) is 0 Å². The Balaban J connectivity index is 4.12. The van der Waals surface area contributed by atoms with Gasteiger partial charge < -0.3 is 5.11 Å². The molecule has 1 atom stereocenters. The summed E-state index contributed by atoms with van der Waals surface area (Å²) in [4.78, 5) is 0. The molecule has 86 valence electrons. The van der Waals surface area contributed by atoms with Gasteiger partial charge in [-0.25, -0.2) is 0 Å². The molecule has 0 aliphatic rings. The molecule has 0 rings (SSSR count). The summed E-state index contributed by atoms with van der Waals surface area (Å²) in [7, 11) is 0. The monoisotopic (exact) mass is 208 g/mol. The highest BCUT2D eigenvalue weighted by molar-refractivity contribution is 5.17. The van der Waals surface area contributed by atoms with Gasteiger partial charge in [-0.15, -0.1) is 0 Å². The molecule has 0 heterocycles. The van der Waals surface area contributed by atoms with Crippen molar-refractivity contribution in [2.24, 2.45) is 5.41 Å². The lowest BCUT2D eigenvalue weighted by Gasteiger charge is -2.18. The van der Waals surface area contributed by atoms with Crippen LogP contribution in [0.1, 0.15) is 53.9 Å². The van der Waals surface area contributed by atoms with Gasteiger partial charge >= 0.3 is 0 Å². The molecule has 1 nitrogen and oxygen atoms in total. The normalized spacial score (nSPS) is 15.1. The molecule has 1 heteroatoms. The van der Waals surface area contributed by atoms with Gasteiger partial charge in [-0.2, -0.15) is 0 Å². The first kappa shape index (κ1) is 14.3. The fourth-order valence-corrected chi connectivity index (χ4v) is 1.26. The van der Waals surface area contributed by atoms with Crippen LogP contribution in [-0.2, 0) is 0 Å². The van der Waals surface area contributed by atoms with E-state index in [9.17, 15) is 5.11 Å². The minimum Gasteiger partial charge on any atom is -0.378 e. The van der Waals surface area contributed by atoms with Crippen LogP contribution in [-0.4, -0.2) is 10.7 Å². The van der Waals surface area contributed by atoms with E-state index >= 15 is 0 Å². The van der Waals surface area contributed by atoms with E-state index in [0.29, 0.717) is 12.8 Å². The van der Waals surface area contributed by atoms with Crippen LogP contribution in [0.5, 0.6) is 0 Å². The van der Waals surface area contributed by atoms with E-state index < -0.39 is 5.60 Å². The summed E-state index contributed by atoms with van der Waals surface area (Å²) in [6.07, 6.45) is 2.33. The smallest absolute Gasteiger partial charge is 0.122 e. The maximum absolute atomic E-state index is 9.67. The van der Waals surface area contributed by atoms with E-state index in [-0.39, 0.29) is 5.41 Å². The molecule has 1 N–H and O–H groups in total. The Kier molecular flexibility index (Phi) is 5.11. The molecular weight excluding hydrogens is 184 g/mol. The van der Waals surface area contributed by atoms with Crippen LogP contribution in [0, 0.1) is 17.3 Å². The lowest BCUT2D eigenvalue weighted by atomic mass is 9.87. The van der Waals surface area contributed by atoms with Crippen LogP contribution < -0.4 is 0 Å². The Morgan fingerprint density at radius 3 is 2.20 bits per heavy atom. The van der Waals surface area contributed by atoms with Crippen molar-refractivity contribution in [2.75, 3.05) is 0 Å². The van der Waals surface area contributed by atoms with Crippen molar-refractivity contribution < 1.29 is 5.11 Å². The quantitative estimate of drug-likeness (QED) is 0.555. The summed E-state index contributed by atoms with van der Waals surface area (Å²) in [6.45, 7) is 14.2. The van der Waals surface area contributed by atoms with Crippen molar-refractivity contribution in [3.63, 3.8) is 0 Å². The van der Waals surface area contributed by atoms with Crippen LogP contribution in [0.25, 0.3) is 0 Å². The van der Waals surface area contributed by atoms with Gasteiger partial charge in [0.25, 0.3) is 0 Å². The average Bonchev–Trinajstić information content (AvgIpc) is 2.00. The predicted molar refractivity (Wildman–Crippen MR) is 66.5 cm³/mol. The lowest BCUT2D eigenvalue weighted by molar-refractivity contribution is 0.118. The van der Waals surface area contributed by atoms with E-state index in [2.05, 4.69) is 39.2 Å². The second-order valence-corrected chi connectivity index (χ2v) is 5.59. The van der Waals surface area contributed by atoms with E-state index in [1.54, 1.807) is 6.92 Å². The maximum Gasteiger partial charge on any atom is 0.122 e. The Morgan fingerprint density at radius 1 is 1.27 bits per heavy atom. The number of rotatable bonds is 3. The van der Waals surface area contributed by atoms with Gasteiger partial charge in [0.1, 0.15) is 5.60 Å². The zero-order chi connectivity index (χ0) is 12.1. The van der Waals surface area contributed by atoms with Gasteiger partial charge in [0, 0.05) is 6.42 Å². The molecule has 0 aromatic rings. The van der Waals surface area contributed by atoms with Crippen LogP contribution in [0.15, 0.2) is 12.2 Å². The first-order valence-corrected chi connectivity index (χ1v) is 5.55. The van der Waals surface area contributed by atoms with Crippen molar-refractivity contribution >= 4 is 0 Å². The molecule has 0 saturated carbocycles. The van der Waals surface area contributed by atoms with Crippen molar-refractivity contribution in [3.8, 4) is 11.8 Å². The first-order valence-electron chi connectivity index (χ1n) is 5.55. The summed E-state index contributed by atoms with van der Waals surface area (Å²) in [5.41, 5.74) is 0.565. The van der Waals surface area contributed by atoms with E-state index in [1.165, 1.54) is 0 Å². The largest absolute Gasteiger partial charge is 0.378 e. The van der Waals surface area contributed by atoms with Crippen molar-refractivity contribution in [2.45, 2.75) is 59.5 Å². The zero-order valence-corrected chi connectivity index (χ0v) is 10.8. The SMILES string of the molecule is C=C(CC#CC(C)(O)CC)CC(C)(C)C. The molecule has 0 fully saturated rings. The number of hydrogen-bond donors (Lipinski definition) is 1. The summed E-state index contributed by atoms with van der Waals surface area (Å²) < 4.78 is 0. The average molecular weight is 208 g/mol. The molecule has 15 heavy (non-hydrogen) atoms. The molecule has 0 bridgehead atoms. The standard InChI is InChI=1S/C14H24O/c1-7-14(6,15)10-8-9-12(2)11-13(3,4)5/h15H,2,7,9,11H2,1,3-6H3. The van der Waals surface area contributed by atoms with Gasteiger partial charge in [-0.1, -0.05) is 51.7 Å². The van der Waals surface area contributed by atoms with Gasteiger partial charge in [0.05, 0.1) is 0 Å². The molecule has 0 amide bonds. The minimum absolute atomic E-state index is 0.270.